The molecule has 12 heavy (non-hydrogen) atoms. The van der Waals surface area contributed by atoms with Crippen LogP contribution >= 0.6 is 0 Å². The Labute approximate surface area is 73.0 Å². The summed E-state index contributed by atoms with van der Waals surface area (Å²) in [5.41, 5.74) is 1.82. The standard InChI is InChI=1S/C12H14/c1-5-2-6(1)10-9(3-5)11-7-4-8(7)12(10)11/h1,6-12H,2-4H2. The molecule has 0 aromatic rings. The molecule has 62 valence electrons. The summed E-state index contributed by atoms with van der Waals surface area (Å²) in [6.07, 6.45) is 7.25. The molecule has 0 N–H and O–H groups in total. The number of allylic oxidation sites excluding steroid dienone is 2. The summed E-state index contributed by atoms with van der Waals surface area (Å²) in [5.74, 6) is 8.42. The Morgan fingerprint density at radius 2 is 1.75 bits per heavy atom. The predicted molar refractivity (Wildman–Crippen MR) is 46.4 cm³/mol. The summed E-state index contributed by atoms with van der Waals surface area (Å²) in [6, 6.07) is 0. The highest BCUT2D eigenvalue weighted by atomic mass is 14.8. The Kier molecular flexibility index (Phi) is 0.603. The van der Waals surface area contributed by atoms with E-state index in [1.54, 1.807) is 6.42 Å². The topological polar surface area (TPSA) is 0 Å². The first kappa shape index (κ1) is 5.47. The van der Waals surface area contributed by atoms with Crippen molar-refractivity contribution in [2.75, 3.05) is 0 Å². The van der Waals surface area contributed by atoms with E-state index in [1.165, 1.54) is 48.3 Å². The van der Waals surface area contributed by atoms with Crippen molar-refractivity contribution in [3.63, 3.8) is 0 Å². The van der Waals surface area contributed by atoms with Crippen LogP contribution in [0.3, 0.4) is 0 Å². The van der Waals surface area contributed by atoms with Crippen LogP contribution in [0.1, 0.15) is 19.3 Å². The van der Waals surface area contributed by atoms with Gasteiger partial charge >= 0.3 is 0 Å². The van der Waals surface area contributed by atoms with Gasteiger partial charge in [0.2, 0.25) is 0 Å². The van der Waals surface area contributed by atoms with Crippen molar-refractivity contribution in [1.29, 1.82) is 0 Å². The SMILES string of the molecule is C1=C2CC1C1C(C2)C2C3CC3C12. The zero-order valence-electron chi connectivity index (χ0n) is 7.24. The van der Waals surface area contributed by atoms with Crippen molar-refractivity contribution >= 4 is 0 Å². The molecule has 7 atom stereocenters. The van der Waals surface area contributed by atoms with Crippen LogP contribution in [-0.2, 0) is 0 Å². The first-order valence-corrected chi connectivity index (χ1v) is 5.63. The Balaban J connectivity index is 1.62. The fourth-order valence-electron chi connectivity index (χ4n) is 5.24. The zero-order chi connectivity index (χ0) is 7.45. The van der Waals surface area contributed by atoms with Crippen molar-refractivity contribution in [3.8, 4) is 0 Å². The Morgan fingerprint density at radius 3 is 2.67 bits per heavy atom. The third kappa shape index (κ3) is 0.356. The molecule has 0 aromatic heterocycles. The van der Waals surface area contributed by atoms with Gasteiger partial charge in [0, 0.05) is 0 Å². The lowest BCUT2D eigenvalue weighted by Crippen LogP contribution is -2.61. The average molecular weight is 158 g/mol. The van der Waals surface area contributed by atoms with Crippen molar-refractivity contribution in [1.82, 2.24) is 0 Å². The van der Waals surface area contributed by atoms with E-state index >= 15 is 0 Å². The molecule has 4 fully saturated rings. The van der Waals surface area contributed by atoms with Gasteiger partial charge in [-0.15, -0.1) is 0 Å². The molecule has 6 aliphatic carbocycles. The van der Waals surface area contributed by atoms with E-state index in [-0.39, 0.29) is 0 Å². The Morgan fingerprint density at radius 1 is 0.917 bits per heavy atom. The minimum atomic E-state index is 1.07. The Bertz CT molecular complexity index is 314. The zero-order valence-corrected chi connectivity index (χ0v) is 7.24. The summed E-state index contributed by atoms with van der Waals surface area (Å²) < 4.78 is 0. The smallest absolute Gasteiger partial charge is 0.0159 e. The van der Waals surface area contributed by atoms with Crippen molar-refractivity contribution in [2.45, 2.75) is 19.3 Å². The van der Waals surface area contributed by atoms with E-state index in [2.05, 4.69) is 6.08 Å². The molecule has 0 nitrogen and oxygen atoms in total. The Hall–Kier alpha value is -0.260. The quantitative estimate of drug-likeness (QED) is 0.475. The lowest BCUT2D eigenvalue weighted by atomic mass is 9.38. The highest BCUT2D eigenvalue weighted by Gasteiger charge is 2.75. The molecule has 0 heteroatoms. The third-order valence-electron chi connectivity index (χ3n) is 5.70. The van der Waals surface area contributed by atoms with Crippen molar-refractivity contribution in [2.24, 2.45) is 41.4 Å². The lowest BCUT2D eigenvalue weighted by molar-refractivity contribution is -0.149. The molecular formula is C12H14. The number of fused-ring (bicyclic) bond motifs is 4. The molecule has 7 unspecified atom stereocenters. The summed E-state index contributed by atoms with van der Waals surface area (Å²) >= 11 is 0. The van der Waals surface area contributed by atoms with Crippen LogP contribution in [0.5, 0.6) is 0 Å². The minimum absolute atomic E-state index is 1.07. The molecule has 4 saturated carbocycles. The van der Waals surface area contributed by atoms with Gasteiger partial charge in [0.1, 0.15) is 0 Å². The fraction of sp³-hybridized carbons (Fsp3) is 0.833. The monoisotopic (exact) mass is 158 g/mol. The van der Waals surface area contributed by atoms with Crippen LogP contribution < -0.4 is 0 Å². The second kappa shape index (κ2) is 1.32. The average Bonchev–Trinajstić information content (AvgIpc) is 2.63. The molecule has 0 saturated heterocycles. The number of hydrogen-bond donors (Lipinski definition) is 0. The number of hydrogen-bond acceptors (Lipinski definition) is 0. The molecule has 2 bridgehead atoms. The van der Waals surface area contributed by atoms with Crippen molar-refractivity contribution < 1.29 is 0 Å². The van der Waals surface area contributed by atoms with Crippen LogP contribution in [-0.4, -0.2) is 0 Å². The van der Waals surface area contributed by atoms with Crippen LogP contribution in [0, 0.1) is 41.4 Å². The summed E-state index contributed by atoms with van der Waals surface area (Å²) in [7, 11) is 0. The molecule has 0 radical (unpaired) electrons. The van der Waals surface area contributed by atoms with Gasteiger partial charge in [-0.2, -0.15) is 0 Å². The molecule has 6 rings (SSSR count). The molecule has 0 heterocycles. The predicted octanol–water partition coefficient (Wildman–Crippen LogP) is 2.46. The minimum Gasteiger partial charge on any atom is -0.0816 e. The summed E-state index contributed by atoms with van der Waals surface area (Å²) in [4.78, 5) is 0. The van der Waals surface area contributed by atoms with E-state index in [0.29, 0.717) is 0 Å². The van der Waals surface area contributed by atoms with E-state index < -0.39 is 0 Å². The largest absolute Gasteiger partial charge is 0.0816 e. The van der Waals surface area contributed by atoms with Gasteiger partial charge in [0.05, 0.1) is 0 Å². The highest BCUT2D eigenvalue weighted by Crippen LogP contribution is 2.80. The second-order valence-electron chi connectivity index (χ2n) is 5.86. The van der Waals surface area contributed by atoms with E-state index in [4.69, 9.17) is 0 Å². The maximum atomic E-state index is 2.60. The van der Waals surface area contributed by atoms with Gasteiger partial charge in [-0.25, -0.2) is 0 Å². The number of rotatable bonds is 0. The van der Waals surface area contributed by atoms with Gasteiger partial charge in [-0.05, 0) is 60.7 Å². The third-order valence-corrected chi connectivity index (χ3v) is 5.70. The molecular weight excluding hydrogens is 144 g/mol. The first-order chi connectivity index (χ1) is 5.93. The fourth-order valence-corrected chi connectivity index (χ4v) is 5.24. The molecule has 6 aliphatic rings. The molecule has 0 amide bonds. The molecule has 0 aliphatic heterocycles. The highest BCUT2D eigenvalue weighted by molar-refractivity contribution is 5.33. The van der Waals surface area contributed by atoms with Crippen LogP contribution in [0.4, 0.5) is 0 Å². The van der Waals surface area contributed by atoms with Crippen LogP contribution in [0.25, 0.3) is 0 Å². The van der Waals surface area contributed by atoms with Gasteiger partial charge in [-0.3, -0.25) is 0 Å². The van der Waals surface area contributed by atoms with Crippen molar-refractivity contribution in [3.05, 3.63) is 11.6 Å². The molecule has 0 aromatic carbocycles. The maximum Gasteiger partial charge on any atom is -0.0159 e. The van der Waals surface area contributed by atoms with E-state index in [1.807, 2.05) is 5.57 Å². The first-order valence-electron chi connectivity index (χ1n) is 5.63. The van der Waals surface area contributed by atoms with E-state index in [9.17, 15) is 0 Å². The summed E-state index contributed by atoms with van der Waals surface area (Å²) in [6.45, 7) is 0. The lowest BCUT2D eigenvalue weighted by Gasteiger charge is -2.66. The van der Waals surface area contributed by atoms with Gasteiger partial charge in [-0.1, -0.05) is 11.6 Å². The van der Waals surface area contributed by atoms with Crippen LogP contribution in [0.2, 0.25) is 0 Å². The second-order valence-corrected chi connectivity index (χ2v) is 5.86. The van der Waals surface area contributed by atoms with E-state index in [0.717, 1.165) is 5.92 Å². The normalized spacial score (nSPS) is 73.3. The van der Waals surface area contributed by atoms with Gasteiger partial charge in [0.25, 0.3) is 0 Å². The maximum absolute atomic E-state index is 2.60. The van der Waals surface area contributed by atoms with Gasteiger partial charge < -0.3 is 0 Å². The molecule has 0 spiro atoms. The van der Waals surface area contributed by atoms with Crippen LogP contribution in [0.15, 0.2) is 11.6 Å². The van der Waals surface area contributed by atoms with Gasteiger partial charge in [0.15, 0.2) is 0 Å². The summed E-state index contributed by atoms with van der Waals surface area (Å²) in [5, 5.41) is 0.